The van der Waals surface area contributed by atoms with Gasteiger partial charge in [0.05, 0.1) is 7.11 Å². The molecule has 0 spiro atoms. The summed E-state index contributed by atoms with van der Waals surface area (Å²) in [5, 5.41) is 2.41. The van der Waals surface area contributed by atoms with E-state index in [4.69, 9.17) is 9.47 Å². The van der Waals surface area contributed by atoms with Crippen molar-refractivity contribution in [3.05, 3.63) is 59.7 Å². The third kappa shape index (κ3) is 5.73. The number of carbonyl (C=O) groups is 2. The zero-order valence-corrected chi connectivity index (χ0v) is 13.9. The summed E-state index contributed by atoms with van der Waals surface area (Å²) in [7, 11) is 1.51. The second-order valence-electron chi connectivity index (χ2n) is 5.06. The van der Waals surface area contributed by atoms with Gasteiger partial charge in [-0.1, -0.05) is 18.2 Å². The van der Waals surface area contributed by atoms with Gasteiger partial charge in [-0.05, 0) is 30.3 Å². The Morgan fingerprint density at radius 2 is 1.77 bits per heavy atom. The van der Waals surface area contributed by atoms with Gasteiger partial charge in [0, 0.05) is 11.1 Å². The van der Waals surface area contributed by atoms with E-state index in [9.17, 15) is 18.4 Å². The number of halogens is 2. The number of rotatable bonds is 8. The lowest BCUT2D eigenvalue weighted by Gasteiger charge is -2.11. The van der Waals surface area contributed by atoms with Crippen LogP contribution in [0.15, 0.2) is 48.5 Å². The van der Waals surface area contributed by atoms with E-state index in [1.807, 2.05) is 0 Å². The van der Waals surface area contributed by atoms with Crippen LogP contribution in [-0.4, -0.2) is 32.1 Å². The van der Waals surface area contributed by atoms with Crippen LogP contribution in [0.2, 0.25) is 0 Å². The van der Waals surface area contributed by atoms with E-state index in [0.717, 1.165) is 0 Å². The lowest BCUT2D eigenvalue weighted by molar-refractivity contribution is -0.143. The average molecular weight is 365 g/mol. The number of hydrogen-bond acceptors (Lipinski definition) is 5. The Labute approximate surface area is 148 Å². The molecule has 0 fully saturated rings. The molecule has 2 aromatic rings. The van der Waals surface area contributed by atoms with Gasteiger partial charge in [-0.25, -0.2) is 0 Å². The highest BCUT2D eigenvalue weighted by Crippen LogP contribution is 2.21. The summed E-state index contributed by atoms with van der Waals surface area (Å²) in [5.41, 5.74) is 0.650. The van der Waals surface area contributed by atoms with Gasteiger partial charge in [-0.2, -0.15) is 8.78 Å². The van der Waals surface area contributed by atoms with Crippen molar-refractivity contribution in [2.75, 3.05) is 13.7 Å². The fourth-order valence-electron chi connectivity index (χ4n) is 2.04. The van der Waals surface area contributed by atoms with Crippen LogP contribution in [0.25, 0.3) is 0 Å². The third-order valence-electron chi connectivity index (χ3n) is 3.32. The monoisotopic (exact) mass is 365 g/mol. The molecule has 26 heavy (non-hydrogen) atoms. The number of nitrogens with one attached hydrogen (secondary N) is 1. The first kappa shape index (κ1) is 19.2. The molecule has 1 amide bonds. The summed E-state index contributed by atoms with van der Waals surface area (Å²) in [6.45, 7) is -3.58. The van der Waals surface area contributed by atoms with Crippen LogP contribution in [0.4, 0.5) is 8.78 Å². The Bertz CT molecular complexity index is 750. The highest BCUT2D eigenvalue weighted by molar-refractivity contribution is 5.96. The largest absolute Gasteiger partial charge is 0.497 e. The van der Waals surface area contributed by atoms with Gasteiger partial charge in [-0.3, -0.25) is 9.59 Å². The van der Waals surface area contributed by atoms with Crippen molar-refractivity contribution in [3.8, 4) is 11.5 Å². The van der Waals surface area contributed by atoms with E-state index >= 15 is 0 Å². The Kier molecular flexibility index (Phi) is 6.90. The van der Waals surface area contributed by atoms with Crippen molar-refractivity contribution in [2.24, 2.45) is 0 Å². The summed E-state index contributed by atoms with van der Waals surface area (Å²) in [4.78, 5) is 23.7. The van der Waals surface area contributed by atoms with E-state index in [0.29, 0.717) is 16.9 Å². The maximum atomic E-state index is 12.3. The fraction of sp³-hybridized carbons (Fsp3) is 0.222. The number of ether oxygens (including phenoxy) is 3. The molecule has 0 aliphatic carbocycles. The van der Waals surface area contributed by atoms with Crippen LogP contribution in [0, 0.1) is 0 Å². The van der Waals surface area contributed by atoms with Gasteiger partial charge >= 0.3 is 12.6 Å². The van der Waals surface area contributed by atoms with Gasteiger partial charge in [-0.15, -0.1) is 0 Å². The molecule has 8 heteroatoms. The second kappa shape index (κ2) is 9.36. The number of esters is 1. The second-order valence-corrected chi connectivity index (χ2v) is 5.06. The third-order valence-corrected chi connectivity index (χ3v) is 3.32. The van der Waals surface area contributed by atoms with E-state index in [1.165, 1.54) is 25.3 Å². The molecule has 0 saturated heterocycles. The molecule has 0 aliphatic rings. The maximum absolute atomic E-state index is 12.3. The zero-order chi connectivity index (χ0) is 18.9. The van der Waals surface area contributed by atoms with Crippen LogP contribution in [-0.2, 0) is 16.1 Å². The molecule has 0 aromatic heterocycles. The van der Waals surface area contributed by atoms with Gasteiger partial charge in [0.2, 0.25) is 0 Å². The van der Waals surface area contributed by atoms with Gasteiger partial charge < -0.3 is 19.5 Å². The van der Waals surface area contributed by atoms with Crippen molar-refractivity contribution in [2.45, 2.75) is 13.2 Å². The lowest BCUT2D eigenvalue weighted by Crippen LogP contribution is -2.30. The number of amides is 1. The minimum Gasteiger partial charge on any atom is -0.497 e. The van der Waals surface area contributed by atoms with Crippen molar-refractivity contribution in [1.82, 2.24) is 5.32 Å². The lowest BCUT2D eigenvalue weighted by atomic mass is 10.2. The number of benzene rings is 2. The number of carbonyl (C=O) groups excluding carboxylic acids is 2. The number of hydrogen-bond donors (Lipinski definition) is 1. The van der Waals surface area contributed by atoms with Crippen LogP contribution in [0.5, 0.6) is 11.5 Å². The smallest absolute Gasteiger partial charge is 0.387 e. The average Bonchev–Trinajstić information content (AvgIpc) is 2.65. The summed E-state index contributed by atoms with van der Waals surface area (Å²) < 4.78 is 39.0. The zero-order valence-electron chi connectivity index (χ0n) is 13.9. The summed E-state index contributed by atoms with van der Waals surface area (Å²) in [6, 6.07) is 12.3. The highest BCUT2D eigenvalue weighted by Gasteiger charge is 2.12. The van der Waals surface area contributed by atoms with E-state index < -0.39 is 18.5 Å². The molecule has 0 saturated carbocycles. The van der Waals surface area contributed by atoms with Crippen LogP contribution >= 0.6 is 0 Å². The predicted molar refractivity (Wildman–Crippen MR) is 88.2 cm³/mol. The summed E-state index contributed by atoms with van der Waals surface area (Å²) in [5.74, 6) is -0.632. The summed E-state index contributed by atoms with van der Waals surface area (Å²) >= 11 is 0. The van der Waals surface area contributed by atoms with Crippen LogP contribution < -0.4 is 14.8 Å². The molecule has 0 aliphatic heterocycles. The highest BCUT2D eigenvalue weighted by atomic mass is 19.3. The predicted octanol–water partition coefficient (Wildman–Crippen LogP) is 2.77. The van der Waals surface area contributed by atoms with E-state index in [-0.39, 0.29) is 18.9 Å². The number of alkyl halides is 2. The van der Waals surface area contributed by atoms with Crippen LogP contribution in [0.3, 0.4) is 0 Å². The Hall–Kier alpha value is -3.16. The topological polar surface area (TPSA) is 73.9 Å². The molecule has 1 N–H and O–H groups in total. The standard InChI is InChI=1S/C18H17F2NO5/c1-24-14-8-6-12(7-9-14)17(23)21-10-16(22)25-11-13-4-2-3-5-15(13)26-18(19)20/h2-9,18H,10-11H2,1H3,(H,21,23). The number of para-hydroxylation sites is 1. The van der Waals surface area contributed by atoms with Crippen LogP contribution in [0.1, 0.15) is 15.9 Å². The summed E-state index contributed by atoms with van der Waals surface area (Å²) in [6.07, 6.45) is 0. The normalized spacial score (nSPS) is 10.3. The van der Waals surface area contributed by atoms with Crippen molar-refractivity contribution in [3.63, 3.8) is 0 Å². The molecule has 138 valence electrons. The fourth-order valence-corrected chi connectivity index (χ4v) is 2.04. The minimum absolute atomic E-state index is 0.0717. The molecule has 0 heterocycles. The quantitative estimate of drug-likeness (QED) is 0.728. The first-order valence-corrected chi connectivity index (χ1v) is 7.60. The molecular weight excluding hydrogens is 348 g/mol. The van der Waals surface area contributed by atoms with Gasteiger partial charge in [0.25, 0.3) is 5.91 Å². The van der Waals surface area contributed by atoms with Gasteiger partial charge in [0.1, 0.15) is 24.7 Å². The maximum Gasteiger partial charge on any atom is 0.387 e. The van der Waals surface area contributed by atoms with Gasteiger partial charge in [0.15, 0.2) is 0 Å². The molecule has 0 bridgehead atoms. The Morgan fingerprint density at radius 1 is 1.08 bits per heavy atom. The molecule has 2 rings (SSSR count). The SMILES string of the molecule is COc1ccc(C(=O)NCC(=O)OCc2ccccc2OC(F)F)cc1. The first-order valence-electron chi connectivity index (χ1n) is 7.60. The first-order chi connectivity index (χ1) is 12.5. The van der Waals surface area contributed by atoms with E-state index in [2.05, 4.69) is 10.1 Å². The number of methoxy groups -OCH3 is 1. The Morgan fingerprint density at radius 3 is 2.42 bits per heavy atom. The van der Waals surface area contributed by atoms with Crippen molar-refractivity contribution >= 4 is 11.9 Å². The molecule has 0 radical (unpaired) electrons. The molecular formula is C18H17F2NO5. The molecule has 0 unspecified atom stereocenters. The molecule has 0 atom stereocenters. The molecule has 6 nitrogen and oxygen atoms in total. The van der Waals surface area contributed by atoms with E-state index in [1.54, 1.807) is 30.3 Å². The Balaban J connectivity index is 1.82. The van der Waals surface area contributed by atoms with Crippen molar-refractivity contribution in [1.29, 1.82) is 0 Å². The minimum atomic E-state index is -2.98. The molecule has 2 aromatic carbocycles. The van der Waals surface area contributed by atoms with Crippen molar-refractivity contribution < 1.29 is 32.6 Å².